The first-order chi connectivity index (χ1) is 8.68. The number of halogens is 1. The molecule has 0 atom stereocenters. The Bertz CT molecular complexity index is 537. The molecule has 1 N–H and O–H groups in total. The zero-order chi connectivity index (χ0) is 13.0. The quantitative estimate of drug-likeness (QED) is 0.911. The number of benzene rings is 1. The Morgan fingerprint density at radius 1 is 1.39 bits per heavy atom. The van der Waals surface area contributed by atoms with Crippen molar-refractivity contribution in [1.29, 1.82) is 0 Å². The molecule has 1 aromatic heterocycles. The molecule has 1 amide bonds. The molecule has 1 aromatic carbocycles. The van der Waals surface area contributed by atoms with E-state index in [1.54, 1.807) is 11.3 Å². The van der Waals surface area contributed by atoms with Crippen LogP contribution in [0.5, 0.6) is 0 Å². The summed E-state index contributed by atoms with van der Waals surface area (Å²) < 4.78 is 0.873. The second-order valence-electron chi connectivity index (χ2n) is 4.07. The number of amides is 1. The maximum Gasteiger partial charge on any atom is 0.252 e. The molecule has 2 rings (SSSR count). The molecule has 0 aliphatic carbocycles. The van der Waals surface area contributed by atoms with E-state index in [2.05, 4.69) is 32.7 Å². The van der Waals surface area contributed by atoms with Crippen LogP contribution >= 0.6 is 27.3 Å². The van der Waals surface area contributed by atoms with E-state index in [0.717, 1.165) is 16.5 Å². The number of carbonyl (C=O) groups is 1. The van der Waals surface area contributed by atoms with E-state index < -0.39 is 0 Å². The molecule has 0 aliphatic heterocycles. The van der Waals surface area contributed by atoms with Crippen molar-refractivity contribution in [3.05, 3.63) is 56.2 Å². The first-order valence-electron chi connectivity index (χ1n) is 5.73. The molecule has 0 fully saturated rings. The van der Waals surface area contributed by atoms with Gasteiger partial charge in [0, 0.05) is 11.0 Å². The average molecular weight is 324 g/mol. The fourth-order valence-corrected chi connectivity index (χ4v) is 2.82. The number of thiophene rings is 1. The van der Waals surface area contributed by atoms with Crippen LogP contribution in [0.3, 0.4) is 0 Å². The lowest BCUT2D eigenvalue weighted by atomic mass is 10.1. The second-order valence-corrected chi connectivity index (χ2v) is 5.65. The van der Waals surface area contributed by atoms with Gasteiger partial charge in [-0.1, -0.05) is 12.1 Å². The number of aryl methyl sites for hydroxylation is 1. The van der Waals surface area contributed by atoms with Crippen molar-refractivity contribution < 1.29 is 4.79 Å². The molecule has 0 aliphatic rings. The van der Waals surface area contributed by atoms with E-state index in [1.165, 1.54) is 5.56 Å². The van der Waals surface area contributed by atoms with Crippen molar-refractivity contribution in [2.75, 3.05) is 6.54 Å². The molecular formula is C14H14BrNOS. The average Bonchev–Trinajstić information content (AvgIpc) is 2.85. The lowest BCUT2D eigenvalue weighted by Gasteiger charge is -2.08. The van der Waals surface area contributed by atoms with Gasteiger partial charge in [-0.25, -0.2) is 0 Å². The number of hydrogen-bond donors (Lipinski definition) is 1. The summed E-state index contributed by atoms with van der Waals surface area (Å²) in [5, 5.41) is 7.10. The Labute approximate surface area is 119 Å². The molecule has 0 unspecified atom stereocenters. The van der Waals surface area contributed by atoms with E-state index in [1.807, 2.05) is 30.5 Å². The summed E-state index contributed by atoms with van der Waals surface area (Å²) in [5.74, 6) is -0.0270. The van der Waals surface area contributed by atoms with Crippen molar-refractivity contribution >= 4 is 33.2 Å². The van der Waals surface area contributed by atoms with Crippen LogP contribution in [0.1, 0.15) is 21.5 Å². The third-order valence-corrected chi connectivity index (χ3v) is 4.50. The lowest BCUT2D eigenvalue weighted by Crippen LogP contribution is -2.26. The molecule has 0 saturated carbocycles. The van der Waals surface area contributed by atoms with Crippen molar-refractivity contribution in [3.8, 4) is 0 Å². The smallest absolute Gasteiger partial charge is 0.252 e. The van der Waals surface area contributed by atoms with Gasteiger partial charge in [0.15, 0.2) is 0 Å². The molecule has 1 heterocycles. The van der Waals surface area contributed by atoms with E-state index in [0.29, 0.717) is 12.1 Å². The van der Waals surface area contributed by atoms with Gasteiger partial charge in [-0.2, -0.15) is 11.3 Å². The standard InChI is InChI=1S/C14H14BrNOS/c1-10-3-2-4-12(13(10)15)14(17)16-7-5-11-6-8-18-9-11/h2-4,6,8-9H,5,7H2,1H3,(H,16,17). The number of hydrogen-bond acceptors (Lipinski definition) is 2. The first kappa shape index (κ1) is 13.3. The van der Waals surface area contributed by atoms with Crippen LogP contribution in [-0.2, 0) is 6.42 Å². The third-order valence-electron chi connectivity index (χ3n) is 2.72. The van der Waals surface area contributed by atoms with Gasteiger partial charge in [-0.05, 0) is 63.3 Å². The van der Waals surface area contributed by atoms with Gasteiger partial charge in [0.25, 0.3) is 5.91 Å². The first-order valence-corrected chi connectivity index (χ1v) is 7.46. The zero-order valence-corrected chi connectivity index (χ0v) is 12.5. The van der Waals surface area contributed by atoms with Crippen molar-refractivity contribution in [1.82, 2.24) is 5.32 Å². The maximum absolute atomic E-state index is 12.0. The van der Waals surface area contributed by atoms with Gasteiger partial charge in [-0.3, -0.25) is 4.79 Å². The van der Waals surface area contributed by atoms with E-state index in [9.17, 15) is 4.79 Å². The van der Waals surface area contributed by atoms with Gasteiger partial charge >= 0.3 is 0 Å². The monoisotopic (exact) mass is 323 g/mol. The highest BCUT2D eigenvalue weighted by molar-refractivity contribution is 9.10. The summed E-state index contributed by atoms with van der Waals surface area (Å²) >= 11 is 5.13. The molecule has 18 heavy (non-hydrogen) atoms. The molecule has 0 radical (unpaired) electrons. The van der Waals surface area contributed by atoms with Gasteiger partial charge in [0.05, 0.1) is 5.56 Å². The minimum absolute atomic E-state index is 0.0270. The van der Waals surface area contributed by atoms with Crippen LogP contribution in [0, 0.1) is 6.92 Å². The van der Waals surface area contributed by atoms with Crippen LogP contribution in [0.25, 0.3) is 0 Å². The number of carbonyl (C=O) groups excluding carboxylic acids is 1. The Hall–Kier alpha value is -1.13. The largest absolute Gasteiger partial charge is 0.352 e. The van der Waals surface area contributed by atoms with Gasteiger partial charge < -0.3 is 5.32 Å². The molecular weight excluding hydrogens is 310 g/mol. The highest BCUT2D eigenvalue weighted by atomic mass is 79.9. The Morgan fingerprint density at radius 3 is 2.94 bits per heavy atom. The van der Waals surface area contributed by atoms with Gasteiger partial charge in [0.2, 0.25) is 0 Å². The molecule has 0 saturated heterocycles. The SMILES string of the molecule is Cc1cccc(C(=O)NCCc2ccsc2)c1Br. The summed E-state index contributed by atoms with van der Waals surface area (Å²) in [4.78, 5) is 12.0. The van der Waals surface area contributed by atoms with Crippen LogP contribution in [-0.4, -0.2) is 12.5 Å². The van der Waals surface area contributed by atoms with E-state index >= 15 is 0 Å². The third kappa shape index (κ3) is 3.21. The van der Waals surface area contributed by atoms with E-state index in [-0.39, 0.29) is 5.91 Å². The minimum atomic E-state index is -0.0270. The molecule has 94 valence electrons. The Morgan fingerprint density at radius 2 is 2.22 bits per heavy atom. The predicted octanol–water partition coefficient (Wildman–Crippen LogP) is 3.79. The molecule has 2 nitrogen and oxygen atoms in total. The number of rotatable bonds is 4. The summed E-state index contributed by atoms with van der Waals surface area (Å²) in [7, 11) is 0. The summed E-state index contributed by atoms with van der Waals surface area (Å²) in [6, 6.07) is 7.79. The molecule has 0 spiro atoms. The Kier molecular flexibility index (Phi) is 4.55. The molecule has 4 heteroatoms. The minimum Gasteiger partial charge on any atom is -0.352 e. The lowest BCUT2D eigenvalue weighted by molar-refractivity contribution is 0.0953. The van der Waals surface area contributed by atoms with Crippen LogP contribution < -0.4 is 5.32 Å². The fourth-order valence-electron chi connectivity index (χ4n) is 1.67. The molecule has 0 bridgehead atoms. The summed E-state index contributed by atoms with van der Waals surface area (Å²) in [6.07, 6.45) is 0.874. The normalized spacial score (nSPS) is 10.3. The van der Waals surface area contributed by atoms with Gasteiger partial charge in [-0.15, -0.1) is 0 Å². The predicted molar refractivity (Wildman–Crippen MR) is 79.2 cm³/mol. The van der Waals surface area contributed by atoms with E-state index in [4.69, 9.17) is 0 Å². The summed E-state index contributed by atoms with van der Waals surface area (Å²) in [5.41, 5.74) is 3.03. The number of nitrogens with one attached hydrogen (secondary N) is 1. The Balaban J connectivity index is 1.93. The summed E-state index contributed by atoms with van der Waals surface area (Å²) in [6.45, 7) is 2.64. The van der Waals surface area contributed by atoms with Gasteiger partial charge in [0.1, 0.15) is 0 Å². The second kappa shape index (κ2) is 6.16. The molecule has 2 aromatic rings. The van der Waals surface area contributed by atoms with Crippen LogP contribution in [0.2, 0.25) is 0 Å². The highest BCUT2D eigenvalue weighted by Crippen LogP contribution is 2.20. The topological polar surface area (TPSA) is 29.1 Å². The fraction of sp³-hybridized carbons (Fsp3) is 0.214. The van der Waals surface area contributed by atoms with Crippen LogP contribution in [0.4, 0.5) is 0 Å². The zero-order valence-electron chi connectivity index (χ0n) is 10.1. The maximum atomic E-state index is 12.0. The van der Waals surface area contributed by atoms with Crippen molar-refractivity contribution in [2.45, 2.75) is 13.3 Å². The van der Waals surface area contributed by atoms with Crippen molar-refractivity contribution in [2.24, 2.45) is 0 Å². The van der Waals surface area contributed by atoms with Crippen LogP contribution in [0.15, 0.2) is 39.5 Å². The highest BCUT2D eigenvalue weighted by Gasteiger charge is 2.10. The van der Waals surface area contributed by atoms with Crippen molar-refractivity contribution in [3.63, 3.8) is 0 Å².